The Labute approximate surface area is 182 Å². The number of hydrogen-bond acceptors (Lipinski definition) is 4. The van der Waals surface area contributed by atoms with Gasteiger partial charge in [0.15, 0.2) is 0 Å². The number of hydrogen-bond donors (Lipinski definition) is 3. The van der Waals surface area contributed by atoms with Crippen LogP contribution in [0.5, 0.6) is 11.5 Å². The van der Waals surface area contributed by atoms with E-state index in [4.69, 9.17) is 4.74 Å². The topological polar surface area (TPSA) is 70.2 Å². The van der Waals surface area contributed by atoms with Gasteiger partial charge in [0.2, 0.25) is 0 Å². The number of ether oxygens (including phenoxy) is 1. The first-order valence-electron chi connectivity index (χ1n) is 10.5. The fourth-order valence-corrected chi connectivity index (χ4v) is 3.79. The number of benzene rings is 3. The summed E-state index contributed by atoms with van der Waals surface area (Å²) < 4.78 is 5.79. The van der Waals surface area contributed by atoms with E-state index >= 15 is 0 Å². The molecule has 3 N–H and O–H groups in total. The van der Waals surface area contributed by atoms with Crippen molar-refractivity contribution in [2.75, 3.05) is 20.2 Å². The van der Waals surface area contributed by atoms with Gasteiger partial charge in [-0.15, -0.1) is 0 Å². The van der Waals surface area contributed by atoms with Gasteiger partial charge in [0.1, 0.15) is 18.1 Å². The van der Waals surface area contributed by atoms with Gasteiger partial charge in [-0.1, -0.05) is 37.3 Å². The maximum Gasteiger partial charge on any atom is 0.119 e. The summed E-state index contributed by atoms with van der Waals surface area (Å²) in [6.45, 7) is 3.60. The number of aromatic hydroxyl groups is 1. The minimum absolute atomic E-state index is 0.259. The van der Waals surface area contributed by atoms with Crippen molar-refractivity contribution in [2.45, 2.75) is 13.3 Å². The molecule has 0 saturated carbocycles. The Bertz CT molecular complexity index is 1180. The van der Waals surface area contributed by atoms with Crippen molar-refractivity contribution in [1.82, 2.24) is 15.5 Å². The Morgan fingerprint density at radius 3 is 2.32 bits per heavy atom. The molecular weight excluding hydrogens is 386 g/mol. The van der Waals surface area contributed by atoms with Crippen LogP contribution in [0.4, 0.5) is 0 Å². The van der Waals surface area contributed by atoms with E-state index in [-0.39, 0.29) is 5.75 Å². The lowest BCUT2D eigenvalue weighted by Crippen LogP contribution is -2.15. The molecule has 4 rings (SSSR count). The number of nitrogens with one attached hydrogen (secondary N) is 2. The van der Waals surface area contributed by atoms with Crippen molar-refractivity contribution in [2.24, 2.45) is 0 Å². The molecule has 1 aromatic heterocycles. The zero-order chi connectivity index (χ0) is 21.6. The number of H-pyrrole nitrogens is 1. The molecule has 0 fully saturated rings. The average molecular weight is 414 g/mol. The molecule has 0 aliphatic heterocycles. The second-order valence-electron chi connectivity index (χ2n) is 7.40. The number of phenols is 1. The third-order valence-corrected chi connectivity index (χ3v) is 5.36. The molecule has 0 amide bonds. The van der Waals surface area contributed by atoms with E-state index < -0.39 is 0 Å². The largest absolute Gasteiger partial charge is 0.508 e. The van der Waals surface area contributed by atoms with Crippen LogP contribution in [0.2, 0.25) is 0 Å². The monoisotopic (exact) mass is 413 g/mol. The first kappa shape index (κ1) is 20.7. The lowest BCUT2D eigenvalue weighted by atomic mass is 9.88. The van der Waals surface area contributed by atoms with Gasteiger partial charge in [-0.25, -0.2) is 0 Å². The first-order valence-corrected chi connectivity index (χ1v) is 10.5. The molecule has 0 aliphatic carbocycles. The molecule has 158 valence electrons. The molecule has 31 heavy (non-hydrogen) atoms. The summed E-state index contributed by atoms with van der Waals surface area (Å²) in [6.07, 6.45) is 2.71. The maximum absolute atomic E-state index is 9.81. The number of rotatable bonds is 8. The third kappa shape index (κ3) is 4.62. The van der Waals surface area contributed by atoms with Crippen molar-refractivity contribution in [3.05, 3.63) is 89.6 Å². The van der Waals surface area contributed by atoms with Gasteiger partial charge >= 0.3 is 0 Å². The van der Waals surface area contributed by atoms with E-state index in [1.807, 2.05) is 37.5 Å². The summed E-state index contributed by atoms with van der Waals surface area (Å²) in [4.78, 5) is 0. The molecule has 1 heterocycles. The Morgan fingerprint density at radius 2 is 1.65 bits per heavy atom. The number of aromatic amines is 1. The Hall–Kier alpha value is -3.57. The van der Waals surface area contributed by atoms with Crippen LogP contribution < -0.4 is 10.1 Å². The zero-order valence-electron chi connectivity index (χ0n) is 17.9. The van der Waals surface area contributed by atoms with E-state index in [1.165, 1.54) is 5.57 Å². The number of nitrogens with zero attached hydrogens (tertiary/aromatic N) is 1. The molecule has 0 spiro atoms. The molecule has 5 heteroatoms. The van der Waals surface area contributed by atoms with Gasteiger partial charge in [0.25, 0.3) is 0 Å². The molecule has 0 atom stereocenters. The third-order valence-electron chi connectivity index (χ3n) is 5.36. The minimum atomic E-state index is 0.259. The zero-order valence-corrected chi connectivity index (χ0v) is 17.9. The van der Waals surface area contributed by atoms with Crippen LogP contribution in [-0.4, -0.2) is 35.5 Å². The number of aromatic nitrogens is 2. The summed E-state index contributed by atoms with van der Waals surface area (Å²) in [6, 6.07) is 22.0. The summed E-state index contributed by atoms with van der Waals surface area (Å²) in [5, 5.41) is 21.1. The Balaban J connectivity index is 1.82. The van der Waals surface area contributed by atoms with E-state index in [0.717, 1.165) is 51.9 Å². The Morgan fingerprint density at radius 1 is 0.968 bits per heavy atom. The lowest BCUT2D eigenvalue weighted by molar-refractivity contribution is 0.318. The number of allylic oxidation sites excluding steroid dienone is 1. The summed E-state index contributed by atoms with van der Waals surface area (Å²) in [7, 11) is 1.91. The van der Waals surface area contributed by atoms with Crippen molar-refractivity contribution in [3.8, 4) is 11.5 Å². The molecular formula is C26H27N3O2. The van der Waals surface area contributed by atoms with Crippen LogP contribution >= 0.6 is 0 Å². The summed E-state index contributed by atoms with van der Waals surface area (Å²) in [5.74, 6) is 1.11. The van der Waals surface area contributed by atoms with E-state index in [0.29, 0.717) is 6.61 Å². The van der Waals surface area contributed by atoms with Gasteiger partial charge in [0.05, 0.1) is 11.7 Å². The van der Waals surface area contributed by atoms with Crippen molar-refractivity contribution in [3.63, 3.8) is 0 Å². The predicted molar refractivity (Wildman–Crippen MR) is 126 cm³/mol. The summed E-state index contributed by atoms with van der Waals surface area (Å²) in [5.41, 5.74) is 6.73. The van der Waals surface area contributed by atoms with Crippen LogP contribution in [-0.2, 0) is 0 Å². The predicted octanol–water partition coefficient (Wildman–Crippen LogP) is 5.24. The van der Waals surface area contributed by atoms with Crippen LogP contribution in [0.15, 0.2) is 72.9 Å². The molecule has 0 bridgehead atoms. The highest BCUT2D eigenvalue weighted by molar-refractivity contribution is 6.00. The fraction of sp³-hybridized carbons (Fsp3) is 0.192. The fourth-order valence-electron chi connectivity index (χ4n) is 3.79. The van der Waals surface area contributed by atoms with Gasteiger partial charge in [-0.2, -0.15) is 5.10 Å². The molecule has 0 aliphatic rings. The second kappa shape index (κ2) is 9.49. The van der Waals surface area contributed by atoms with Gasteiger partial charge in [-0.3, -0.25) is 5.10 Å². The molecule has 0 saturated heterocycles. The number of fused-ring (bicyclic) bond motifs is 1. The minimum Gasteiger partial charge on any atom is -0.508 e. The van der Waals surface area contributed by atoms with Crippen LogP contribution in [0.3, 0.4) is 0 Å². The van der Waals surface area contributed by atoms with E-state index in [2.05, 4.69) is 52.8 Å². The van der Waals surface area contributed by atoms with Gasteiger partial charge in [0, 0.05) is 11.9 Å². The normalized spacial score (nSPS) is 12.1. The second-order valence-corrected chi connectivity index (χ2v) is 7.40. The lowest BCUT2D eigenvalue weighted by Gasteiger charge is -2.17. The molecule has 0 unspecified atom stereocenters. The summed E-state index contributed by atoms with van der Waals surface area (Å²) >= 11 is 0. The average Bonchev–Trinajstić information content (AvgIpc) is 3.27. The molecule has 3 aromatic carbocycles. The molecule has 0 radical (unpaired) electrons. The first-order chi connectivity index (χ1) is 15.2. The number of likely N-dealkylation sites (N-methyl/N-ethyl adjacent to an activating group) is 1. The van der Waals surface area contributed by atoms with Gasteiger partial charge < -0.3 is 15.2 Å². The van der Waals surface area contributed by atoms with Gasteiger partial charge in [-0.05, 0) is 77.7 Å². The van der Waals surface area contributed by atoms with Crippen molar-refractivity contribution >= 4 is 22.0 Å². The molecule has 5 nitrogen and oxygen atoms in total. The quantitative estimate of drug-likeness (QED) is 0.273. The SMILES string of the molecule is CC/C(=C(/c1ccc(O)cc1)c1ccc(OCCNC)cc1)c1ccc2[nH]ncc2c1. The van der Waals surface area contributed by atoms with Crippen LogP contribution in [0.1, 0.15) is 30.0 Å². The maximum atomic E-state index is 9.81. The highest BCUT2D eigenvalue weighted by atomic mass is 16.5. The highest BCUT2D eigenvalue weighted by Gasteiger charge is 2.14. The van der Waals surface area contributed by atoms with Crippen LogP contribution in [0, 0.1) is 0 Å². The van der Waals surface area contributed by atoms with Crippen LogP contribution in [0.25, 0.3) is 22.0 Å². The van der Waals surface area contributed by atoms with Crippen molar-refractivity contribution < 1.29 is 9.84 Å². The van der Waals surface area contributed by atoms with E-state index in [1.54, 1.807) is 12.1 Å². The Kier molecular flexibility index (Phi) is 6.34. The van der Waals surface area contributed by atoms with E-state index in [9.17, 15) is 5.11 Å². The molecule has 4 aromatic rings. The smallest absolute Gasteiger partial charge is 0.119 e. The number of phenolic OH excluding ortho intramolecular Hbond substituents is 1. The highest BCUT2D eigenvalue weighted by Crippen LogP contribution is 2.36. The van der Waals surface area contributed by atoms with Crippen molar-refractivity contribution in [1.29, 1.82) is 0 Å². The standard InChI is InChI=1S/C26H27N3O2/c1-3-24(20-8-13-25-21(16-20)17-28-29-25)26(18-4-9-22(30)10-5-18)19-6-11-23(12-7-19)31-15-14-27-2/h4-13,16-17,27,30H,3,14-15H2,1-2H3,(H,28,29)/b26-24+.